The van der Waals surface area contributed by atoms with Gasteiger partial charge in [-0.1, -0.05) is 57.2 Å². The molecule has 0 bridgehead atoms. The van der Waals surface area contributed by atoms with Gasteiger partial charge in [-0.3, -0.25) is 9.59 Å². The smallest absolute Gasteiger partial charge is 0.407 e. The number of imidazole rings is 2. The van der Waals surface area contributed by atoms with Gasteiger partial charge in [0.05, 0.1) is 55.0 Å². The van der Waals surface area contributed by atoms with E-state index in [4.69, 9.17) is 28.9 Å². The minimum absolute atomic E-state index is 0.0771. The van der Waals surface area contributed by atoms with Gasteiger partial charge in [0.2, 0.25) is 11.8 Å². The summed E-state index contributed by atoms with van der Waals surface area (Å²) in [6.45, 7) is 8.57. The summed E-state index contributed by atoms with van der Waals surface area (Å²) in [5.41, 5.74) is 5.56. The number of alkyl carbamates (subject to hydrolysis) is 2. The highest BCUT2D eigenvalue weighted by Gasteiger charge is 2.44. The second-order valence-electron chi connectivity index (χ2n) is 18.4. The van der Waals surface area contributed by atoms with Crippen molar-refractivity contribution >= 4 is 67.6 Å². The Balaban J connectivity index is 0.985. The highest BCUT2D eigenvalue weighted by atomic mass is 16.5. The Kier molecular flexibility index (Phi) is 12.4. The molecule has 0 radical (unpaired) electrons. The first-order valence-electron chi connectivity index (χ1n) is 22.7. The van der Waals surface area contributed by atoms with Gasteiger partial charge in [0.1, 0.15) is 23.7 Å². The molecule has 3 aliphatic heterocycles. The predicted octanol–water partition coefficient (Wildman–Crippen LogP) is 7.39. The summed E-state index contributed by atoms with van der Waals surface area (Å²) >= 11 is 0. The third-order valence-corrected chi connectivity index (χ3v) is 13.7. The summed E-state index contributed by atoms with van der Waals surface area (Å²) in [7, 11) is 4.28. The number of aromatic amines is 2. The fraction of sp³-hybridized carbons (Fsp3) is 0.469. The number of carbonyl (C=O) groups excluding carboxylic acids is 4. The number of hydrogen-bond donors (Lipinski definition) is 4. The zero-order valence-corrected chi connectivity index (χ0v) is 37.8. The second-order valence-corrected chi connectivity index (χ2v) is 18.4. The minimum atomic E-state index is -0.747. The topological polar surface area (TPSA) is 193 Å². The van der Waals surface area contributed by atoms with E-state index >= 15 is 0 Å². The number of ether oxygens (including phenoxy) is 4. The number of fused-ring (bicyclic) bond motifs is 6. The number of nitrogens with one attached hydrogen (secondary N) is 4. The molecule has 4 amide bonds. The van der Waals surface area contributed by atoms with Crippen LogP contribution in [-0.4, -0.2) is 120 Å². The number of H-pyrrole nitrogens is 2. The quantitative estimate of drug-likeness (QED) is 0.102. The summed E-state index contributed by atoms with van der Waals surface area (Å²) in [4.78, 5) is 74.0. The molecule has 3 aliphatic rings. The van der Waals surface area contributed by atoms with Gasteiger partial charge in [-0.15, -0.1) is 0 Å². The fourth-order valence-electron chi connectivity index (χ4n) is 10.3. The van der Waals surface area contributed by atoms with Crippen LogP contribution in [0.1, 0.15) is 70.2 Å². The van der Waals surface area contributed by atoms with Crippen LogP contribution in [0.5, 0.6) is 0 Å². The number of amides is 4. The molecule has 0 saturated carbocycles. The van der Waals surface area contributed by atoms with Crippen LogP contribution in [-0.2, 0) is 28.5 Å². The zero-order valence-electron chi connectivity index (χ0n) is 37.8. The fourth-order valence-corrected chi connectivity index (χ4v) is 10.3. The number of benzene rings is 4. The molecule has 65 heavy (non-hydrogen) atoms. The van der Waals surface area contributed by atoms with Crippen LogP contribution < -0.4 is 10.6 Å². The first-order chi connectivity index (χ1) is 31.4. The molecule has 0 spiro atoms. The van der Waals surface area contributed by atoms with E-state index in [1.807, 2.05) is 35.8 Å². The van der Waals surface area contributed by atoms with Crippen LogP contribution in [0.15, 0.2) is 60.7 Å². The second kappa shape index (κ2) is 18.3. The number of rotatable bonds is 11. The molecule has 4 aromatic carbocycles. The van der Waals surface area contributed by atoms with Gasteiger partial charge < -0.3 is 49.3 Å². The molecule has 16 nitrogen and oxygen atoms in total. The van der Waals surface area contributed by atoms with Crippen LogP contribution in [0.2, 0.25) is 0 Å². The third kappa shape index (κ3) is 8.56. The van der Waals surface area contributed by atoms with Gasteiger partial charge in [0, 0.05) is 50.1 Å². The van der Waals surface area contributed by atoms with E-state index in [0.717, 1.165) is 67.0 Å². The molecular formula is C49H58N8O8. The molecule has 4 N–H and O–H groups in total. The summed E-state index contributed by atoms with van der Waals surface area (Å²) in [6, 6.07) is 19.0. The number of aromatic nitrogens is 4. The normalized spacial score (nSPS) is 21.4. The Morgan fingerprint density at radius 3 is 1.85 bits per heavy atom. The van der Waals surface area contributed by atoms with Gasteiger partial charge in [0.25, 0.3) is 0 Å². The SMILES string of the molecule is COC[C@H]1C[C@@H](c2nc3ccc4cc(-c5ccc6c(ccc7nc([C@@H]8C[C@H](C)CN8C(=O)C(NC(=O)OC)C(C)C)[nH]c76)c5)ccc4c3[nH]2)N(C(=O)[C@@H](NC(=O)OC)C2CCOCC2)C1. The number of carbonyl (C=O) groups is 4. The van der Waals surface area contributed by atoms with Crippen molar-refractivity contribution in [1.29, 1.82) is 0 Å². The molecule has 6 aromatic rings. The summed E-state index contributed by atoms with van der Waals surface area (Å²) in [6.07, 6.45) is 1.49. The van der Waals surface area contributed by atoms with Crippen molar-refractivity contribution in [2.75, 3.05) is 54.2 Å². The number of nitrogens with zero attached hydrogens (tertiary/aromatic N) is 4. The lowest BCUT2D eigenvalue weighted by atomic mass is 9.90. The molecule has 6 atom stereocenters. The Bertz CT molecular complexity index is 2760. The summed E-state index contributed by atoms with van der Waals surface area (Å²) < 4.78 is 20.9. The number of methoxy groups -OCH3 is 3. The third-order valence-electron chi connectivity index (χ3n) is 13.7. The lowest BCUT2D eigenvalue weighted by Gasteiger charge is -2.34. The first-order valence-corrected chi connectivity index (χ1v) is 22.7. The van der Waals surface area contributed by atoms with Gasteiger partial charge in [0.15, 0.2) is 0 Å². The number of likely N-dealkylation sites (tertiary alicyclic amines) is 2. The van der Waals surface area contributed by atoms with E-state index in [1.54, 1.807) is 7.11 Å². The lowest BCUT2D eigenvalue weighted by molar-refractivity contribution is -0.137. The Morgan fingerprint density at radius 2 is 1.29 bits per heavy atom. The zero-order chi connectivity index (χ0) is 45.5. The Morgan fingerprint density at radius 1 is 0.738 bits per heavy atom. The van der Waals surface area contributed by atoms with Gasteiger partial charge >= 0.3 is 12.2 Å². The molecule has 0 aliphatic carbocycles. The molecular weight excluding hydrogens is 829 g/mol. The average molecular weight is 887 g/mol. The first kappa shape index (κ1) is 44.0. The van der Waals surface area contributed by atoms with E-state index in [2.05, 4.69) is 76.1 Å². The van der Waals surface area contributed by atoms with E-state index in [-0.39, 0.29) is 47.6 Å². The molecule has 3 fully saturated rings. The van der Waals surface area contributed by atoms with Crippen molar-refractivity contribution < 1.29 is 38.1 Å². The predicted molar refractivity (Wildman–Crippen MR) is 246 cm³/mol. The Labute approximate surface area is 377 Å². The van der Waals surface area contributed by atoms with Crippen LogP contribution in [0.25, 0.3) is 54.7 Å². The Hall–Kier alpha value is -6.26. The molecule has 342 valence electrons. The largest absolute Gasteiger partial charge is 0.453 e. The van der Waals surface area contributed by atoms with Crippen molar-refractivity contribution in [2.24, 2.45) is 23.7 Å². The van der Waals surface area contributed by atoms with Crippen molar-refractivity contribution in [3.8, 4) is 11.1 Å². The van der Waals surface area contributed by atoms with Crippen molar-refractivity contribution in [3.05, 3.63) is 72.3 Å². The molecule has 1 unspecified atom stereocenters. The van der Waals surface area contributed by atoms with Crippen LogP contribution in [0.4, 0.5) is 9.59 Å². The van der Waals surface area contributed by atoms with Gasteiger partial charge in [-0.2, -0.15) is 0 Å². The van der Waals surface area contributed by atoms with E-state index < -0.39 is 24.3 Å². The lowest BCUT2D eigenvalue weighted by Crippen LogP contribution is -2.53. The van der Waals surface area contributed by atoms with E-state index in [1.165, 1.54) is 14.2 Å². The maximum atomic E-state index is 14.5. The van der Waals surface area contributed by atoms with E-state index in [9.17, 15) is 19.2 Å². The summed E-state index contributed by atoms with van der Waals surface area (Å²) in [5, 5.41) is 9.73. The van der Waals surface area contributed by atoms with Gasteiger partial charge in [-0.25, -0.2) is 19.6 Å². The average Bonchev–Trinajstić information content (AvgIpc) is 4.14. The number of hydrogen-bond acceptors (Lipinski definition) is 10. The molecule has 9 rings (SSSR count). The van der Waals surface area contributed by atoms with E-state index in [0.29, 0.717) is 58.0 Å². The standard InChI is InChI=1S/C49H58N8O8/c1-26(2)40(54-48(60)63-5)46(58)56-23-27(3)19-38(56)44-50-36-13-9-32-21-30(7-11-34(32)42(36)52-44)31-8-12-35-33(22-31)10-14-37-43(35)53-45(51-37)39-20-28(25-62-4)24-57(39)47(59)41(55-49(61)64-6)29-15-17-65-18-16-29/h7-14,21-22,26-29,38-41H,15-20,23-25H2,1-6H3,(H,50,52)(H,51,53)(H,54,60)(H,55,61)/t27-,28-,38-,39-,40?,41-/m0/s1. The van der Waals surface area contributed by atoms with Crippen LogP contribution >= 0.6 is 0 Å². The highest BCUT2D eigenvalue weighted by molar-refractivity contribution is 6.07. The maximum Gasteiger partial charge on any atom is 0.407 e. The maximum absolute atomic E-state index is 14.5. The highest BCUT2D eigenvalue weighted by Crippen LogP contribution is 2.40. The van der Waals surface area contributed by atoms with Crippen molar-refractivity contribution in [3.63, 3.8) is 0 Å². The molecule has 16 heteroatoms. The van der Waals surface area contributed by atoms with Crippen LogP contribution in [0.3, 0.4) is 0 Å². The molecule has 5 heterocycles. The molecule has 2 aromatic heterocycles. The minimum Gasteiger partial charge on any atom is -0.453 e. The van der Waals surface area contributed by atoms with Crippen LogP contribution in [0, 0.1) is 23.7 Å². The van der Waals surface area contributed by atoms with Crippen molar-refractivity contribution in [2.45, 2.75) is 70.6 Å². The van der Waals surface area contributed by atoms with Gasteiger partial charge in [-0.05, 0) is 89.6 Å². The molecule has 3 saturated heterocycles. The monoisotopic (exact) mass is 886 g/mol. The van der Waals surface area contributed by atoms with Crippen molar-refractivity contribution in [1.82, 2.24) is 40.4 Å². The summed E-state index contributed by atoms with van der Waals surface area (Å²) in [5.74, 6) is 1.29.